The Morgan fingerprint density at radius 3 is 2.86 bits per heavy atom. The van der Waals surface area contributed by atoms with Gasteiger partial charge in [0.05, 0.1) is 25.5 Å². The highest BCUT2D eigenvalue weighted by Crippen LogP contribution is 2.28. The van der Waals surface area contributed by atoms with Gasteiger partial charge in [0.15, 0.2) is 11.4 Å². The van der Waals surface area contributed by atoms with Crippen LogP contribution in [0, 0.1) is 0 Å². The zero-order valence-electron chi connectivity index (χ0n) is 16.0. The summed E-state index contributed by atoms with van der Waals surface area (Å²) in [7, 11) is 0. The van der Waals surface area contributed by atoms with E-state index in [2.05, 4.69) is 20.3 Å². The number of β-amino-alcohol motifs (C(OH)–C–C–N with tert-alkyl or cyclic N) is 1. The fourth-order valence-electron chi connectivity index (χ4n) is 3.61. The lowest BCUT2D eigenvalue weighted by Gasteiger charge is -2.28. The van der Waals surface area contributed by atoms with E-state index in [9.17, 15) is 5.11 Å². The minimum Gasteiger partial charge on any atom is -0.454 e. The summed E-state index contributed by atoms with van der Waals surface area (Å²) in [5, 5.41) is 19.2. The standard InChI is InChI=1S/C21H23N5O3/c27-16(14-25-7-9-28-10-8-25)12-22-20-5-6-21-23-13-17(26(21)24-20)19-11-15-3-1-2-4-18(15)29-19/h1-6,11,13,16,27H,7-10,12,14H2,(H,22,24). The first-order valence-electron chi connectivity index (χ1n) is 9.82. The Hall–Kier alpha value is -2.94. The molecule has 0 spiro atoms. The van der Waals surface area contributed by atoms with Crippen molar-refractivity contribution in [3.63, 3.8) is 0 Å². The average molecular weight is 393 g/mol. The maximum absolute atomic E-state index is 10.3. The number of aliphatic hydroxyl groups is 1. The van der Waals surface area contributed by atoms with Gasteiger partial charge in [-0.1, -0.05) is 18.2 Å². The van der Waals surface area contributed by atoms with Crippen molar-refractivity contribution >= 4 is 22.4 Å². The number of furan rings is 1. The third kappa shape index (κ3) is 3.82. The van der Waals surface area contributed by atoms with Crippen molar-refractivity contribution in [3.05, 3.63) is 48.7 Å². The fourth-order valence-corrected chi connectivity index (χ4v) is 3.61. The summed E-state index contributed by atoms with van der Waals surface area (Å²) < 4.78 is 13.1. The topological polar surface area (TPSA) is 88.1 Å². The van der Waals surface area contributed by atoms with Crippen molar-refractivity contribution in [1.29, 1.82) is 0 Å². The van der Waals surface area contributed by atoms with E-state index in [-0.39, 0.29) is 0 Å². The van der Waals surface area contributed by atoms with Gasteiger partial charge in [0.2, 0.25) is 0 Å². The number of ether oxygens (including phenoxy) is 1. The van der Waals surface area contributed by atoms with Crippen LogP contribution in [0.25, 0.3) is 28.1 Å². The number of benzene rings is 1. The zero-order valence-corrected chi connectivity index (χ0v) is 16.0. The number of morpholine rings is 1. The van der Waals surface area contributed by atoms with Crippen molar-refractivity contribution in [2.75, 3.05) is 44.7 Å². The molecule has 0 aliphatic carbocycles. The van der Waals surface area contributed by atoms with Crippen LogP contribution >= 0.6 is 0 Å². The first-order chi connectivity index (χ1) is 14.3. The van der Waals surface area contributed by atoms with Crippen molar-refractivity contribution in [2.24, 2.45) is 0 Å². The number of anilines is 1. The van der Waals surface area contributed by atoms with E-state index in [0.29, 0.717) is 18.9 Å². The quantitative estimate of drug-likeness (QED) is 0.519. The van der Waals surface area contributed by atoms with Crippen LogP contribution in [0.1, 0.15) is 0 Å². The van der Waals surface area contributed by atoms with E-state index in [1.165, 1.54) is 0 Å². The lowest BCUT2D eigenvalue weighted by molar-refractivity contribution is 0.0171. The molecule has 1 unspecified atom stereocenters. The van der Waals surface area contributed by atoms with Crippen LogP contribution in [0.2, 0.25) is 0 Å². The van der Waals surface area contributed by atoms with E-state index in [1.54, 1.807) is 10.7 Å². The van der Waals surface area contributed by atoms with E-state index < -0.39 is 6.10 Å². The first-order valence-corrected chi connectivity index (χ1v) is 9.82. The molecule has 8 nitrogen and oxygen atoms in total. The second-order valence-corrected chi connectivity index (χ2v) is 7.23. The molecule has 1 fully saturated rings. The molecule has 1 saturated heterocycles. The van der Waals surface area contributed by atoms with E-state index in [1.807, 2.05) is 42.5 Å². The van der Waals surface area contributed by atoms with Crippen LogP contribution in [-0.2, 0) is 4.74 Å². The molecule has 4 heterocycles. The number of rotatable bonds is 6. The molecule has 1 aliphatic rings. The molecule has 1 aromatic carbocycles. The van der Waals surface area contributed by atoms with Crippen molar-refractivity contribution in [3.8, 4) is 11.5 Å². The monoisotopic (exact) mass is 393 g/mol. The lowest BCUT2D eigenvalue weighted by Crippen LogP contribution is -2.42. The minimum atomic E-state index is -0.483. The normalized spacial score (nSPS) is 16.4. The van der Waals surface area contributed by atoms with Crippen molar-refractivity contribution in [1.82, 2.24) is 19.5 Å². The molecule has 0 radical (unpaired) electrons. The van der Waals surface area contributed by atoms with Crippen molar-refractivity contribution in [2.45, 2.75) is 6.10 Å². The Labute approximate surface area is 167 Å². The molecular formula is C21H23N5O3. The Bertz CT molecular complexity index is 1080. The smallest absolute Gasteiger partial charge is 0.155 e. The van der Waals surface area contributed by atoms with Gasteiger partial charge >= 0.3 is 0 Å². The molecule has 5 rings (SSSR count). The highest BCUT2D eigenvalue weighted by Gasteiger charge is 2.16. The average Bonchev–Trinajstić information content (AvgIpc) is 3.36. The third-order valence-corrected chi connectivity index (χ3v) is 5.13. The molecule has 0 bridgehead atoms. The molecule has 0 saturated carbocycles. The van der Waals surface area contributed by atoms with E-state index >= 15 is 0 Å². The van der Waals surface area contributed by atoms with Crippen molar-refractivity contribution < 1.29 is 14.3 Å². The summed E-state index contributed by atoms with van der Waals surface area (Å²) in [6.45, 7) is 4.21. The van der Waals surface area contributed by atoms with E-state index in [0.717, 1.165) is 54.4 Å². The Morgan fingerprint density at radius 1 is 1.14 bits per heavy atom. The molecule has 1 aliphatic heterocycles. The second kappa shape index (κ2) is 7.82. The maximum Gasteiger partial charge on any atom is 0.155 e. The van der Waals surface area contributed by atoms with Gasteiger partial charge in [-0.15, -0.1) is 5.10 Å². The van der Waals surface area contributed by atoms with Gasteiger partial charge in [-0.05, 0) is 24.3 Å². The number of imidazole rings is 1. The summed E-state index contributed by atoms with van der Waals surface area (Å²) in [6, 6.07) is 13.7. The van der Waals surface area contributed by atoms with Gasteiger partial charge in [0.25, 0.3) is 0 Å². The molecular weight excluding hydrogens is 370 g/mol. The number of hydrogen-bond donors (Lipinski definition) is 2. The van der Waals surface area contributed by atoms with Gasteiger partial charge in [-0.25, -0.2) is 9.50 Å². The van der Waals surface area contributed by atoms with Gasteiger partial charge in [-0.2, -0.15) is 0 Å². The van der Waals surface area contributed by atoms with Gasteiger partial charge < -0.3 is 19.6 Å². The predicted molar refractivity (Wildman–Crippen MR) is 110 cm³/mol. The number of nitrogens with zero attached hydrogens (tertiary/aromatic N) is 4. The number of fused-ring (bicyclic) bond motifs is 2. The van der Waals surface area contributed by atoms with Gasteiger partial charge in [0.1, 0.15) is 17.1 Å². The highest BCUT2D eigenvalue weighted by atomic mass is 16.5. The van der Waals surface area contributed by atoms with Crippen LogP contribution < -0.4 is 5.32 Å². The molecule has 4 aromatic rings. The summed E-state index contributed by atoms with van der Waals surface area (Å²) in [5.74, 6) is 1.39. The second-order valence-electron chi connectivity index (χ2n) is 7.23. The fraction of sp³-hybridized carbons (Fsp3) is 0.333. The van der Waals surface area contributed by atoms with Gasteiger partial charge in [-0.3, -0.25) is 4.90 Å². The molecule has 0 amide bonds. The predicted octanol–water partition coefficient (Wildman–Crippen LogP) is 2.25. The molecule has 29 heavy (non-hydrogen) atoms. The number of para-hydroxylation sites is 1. The number of hydrogen-bond acceptors (Lipinski definition) is 7. The van der Waals surface area contributed by atoms with Crippen LogP contribution in [0.3, 0.4) is 0 Å². The summed E-state index contributed by atoms with van der Waals surface area (Å²) >= 11 is 0. The SMILES string of the molecule is OC(CNc1ccc2ncc(-c3cc4ccccc4o3)n2n1)CN1CCOCC1. The van der Waals surface area contributed by atoms with Gasteiger partial charge in [0, 0.05) is 31.6 Å². The molecule has 3 aromatic heterocycles. The third-order valence-electron chi connectivity index (χ3n) is 5.13. The molecule has 2 N–H and O–H groups in total. The Kier molecular flexibility index (Phi) is 4.89. The molecule has 8 heteroatoms. The van der Waals surface area contributed by atoms with Crippen LogP contribution in [0.5, 0.6) is 0 Å². The summed E-state index contributed by atoms with van der Waals surface area (Å²) in [6.07, 6.45) is 1.28. The summed E-state index contributed by atoms with van der Waals surface area (Å²) in [4.78, 5) is 6.63. The van der Waals surface area contributed by atoms with Crippen LogP contribution in [0.4, 0.5) is 5.82 Å². The molecule has 150 valence electrons. The van der Waals surface area contributed by atoms with E-state index in [4.69, 9.17) is 9.15 Å². The number of aliphatic hydroxyl groups excluding tert-OH is 1. The molecule has 1 atom stereocenters. The Balaban J connectivity index is 1.32. The minimum absolute atomic E-state index is 0.421. The largest absolute Gasteiger partial charge is 0.454 e. The van der Waals surface area contributed by atoms with Crippen LogP contribution in [0.15, 0.2) is 53.1 Å². The maximum atomic E-state index is 10.3. The zero-order chi connectivity index (χ0) is 19.6. The number of nitrogens with one attached hydrogen (secondary N) is 1. The number of aromatic nitrogens is 3. The summed E-state index contributed by atoms with van der Waals surface area (Å²) in [5.41, 5.74) is 2.35. The van der Waals surface area contributed by atoms with Crippen LogP contribution in [-0.4, -0.2) is 70.1 Å². The Morgan fingerprint density at radius 2 is 2.00 bits per heavy atom. The first kappa shape index (κ1) is 18.1. The lowest BCUT2D eigenvalue weighted by atomic mass is 10.2. The highest BCUT2D eigenvalue weighted by molar-refractivity contribution is 5.82.